The third-order valence-corrected chi connectivity index (χ3v) is 6.97. The van der Waals surface area contributed by atoms with E-state index in [1.807, 2.05) is 0 Å². The van der Waals surface area contributed by atoms with Crippen LogP contribution in [-0.4, -0.2) is 41.2 Å². The first-order valence-electron chi connectivity index (χ1n) is 7.32. The van der Waals surface area contributed by atoms with Crippen molar-refractivity contribution in [2.45, 2.75) is 53.6 Å². The molecule has 2 saturated heterocycles. The molecule has 0 saturated carbocycles. The molecule has 0 spiro atoms. The third kappa shape index (κ3) is 4.24. The second kappa shape index (κ2) is 6.68. The summed E-state index contributed by atoms with van der Waals surface area (Å²) in [5.41, 5.74) is 0. The van der Waals surface area contributed by atoms with Gasteiger partial charge in [-0.3, -0.25) is 0 Å². The molecule has 1 aromatic carbocycles. The normalized spacial score (nSPS) is 27.4. The number of hydrogen-bond donors (Lipinski definition) is 2. The fourth-order valence-electron chi connectivity index (χ4n) is 3.31. The second-order valence-electron chi connectivity index (χ2n) is 6.17. The van der Waals surface area contributed by atoms with Gasteiger partial charge in [0, 0.05) is 24.4 Å². The molecule has 1 aromatic rings. The van der Waals surface area contributed by atoms with Gasteiger partial charge in [0.2, 0.25) is 10.0 Å². The fourth-order valence-corrected chi connectivity index (χ4v) is 5.36. The number of sulfone groups is 1. The number of rotatable bonds is 4. The highest BCUT2D eigenvalue weighted by molar-refractivity contribution is 7.91. The summed E-state index contributed by atoms with van der Waals surface area (Å²) in [4.78, 5) is 0.0158. The summed E-state index contributed by atoms with van der Waals surface area (Å²) < 4.78 is 50.8. The largest absolute Gasteiger partial charge is 0.311 e. The lowest BCUT2D eigenvalue weighted by Gasteiger charge is -2.29. The Balaban J connectivity index is 0.00000192. The van der Waals surface area contributed by atoms with Crippen LogP contribution in [0, 0.1) is 0 Å². The van der Waals surface area contributed by atoms with Crippen molar-refractivity contribution in [1.29, 1.82) is 0 Å². The van der Waals surface area contributed by atoms with Gasteiger partial charge in [-0.05, 0) is 43.9 Å². The van der Waals surface area contributed by atoms with Gasteiger partial charge in [0.25, 0.3) is 0 Å². The third-order valence-electron chi connectivity index (χ3n) is 4.34. The Labute approximate surface area is 143 Å². The Kier molecular flexibility index (Phi) is 5.42. The van der Waals surface area contributed by atoms with Crippen LogP contribution in [0.4, 0.5) is 0 Å². The van der Waals surface area contributed by atoms with Gasteiger partial charge in [0.15, 0.2) is 9.84 Å². The summed E-state index contributed by atoms with van der Waals surface area (Å²) in [5, 5.41) is 3.46. The molecule has 130 valence electrons. The smallest absolute Gasteiger partial charge is 0.240 e. The predicted molar refractivity (Wildman–Crippen MR) is 90.1 cm³/mol. The minimum Gasteiger partial charge on any atom is -0.311 e. The number of benzene rings is 1. The molecule has 6 nitrogen and oxygen atoms in total. The van der Waals surface area contributed by atoms with Gasteiger partial charge in [-0.25, -0.2) is 21.6 Å². The molecule has 2 atom stereocenters. The monoisotopic (exact) mass is 380 g/mol. The molecule has 2 heterocycles. The average Bonchev–Trinajstić information content (AvgIpc) is 2.77. The molecule has 9 heteroatoms. The van der Waals surface area contributed by atoms with E-state index >= 15 is 0 Å². The number of piperidine rings is 1. The van der Waals surface area contributed by atoms with Crippen LogP contribution in [0.15, 0.2) is 34.1 Å². The Morgan fingerprint density at radius 2 is 1.61 bits per heavy atom. The van der Waals surface area contributed by atoms with E-state index in [0.29, 0.717) is 12.1 Å². The summed E-state index contributed by atoms with van der Waals surface area (Å²) in [6, 6.07) is 6.17. The molecule has 0 aromatic heterocycles. The van der Waals surface area contributed by atoms with Gasteiger partial charge in [0.05, 0.1) is 9.79 Å². The average molecular weight is 381 g/mol. The zero-order valence-electron chi connectivity index (χ0n) is 12.7. The number of nitrogens with one attached hydrogen (secondary N) is 2. The highest BCUT2D eigenvalue weighted by Gasteiger charge is 2.35. The van der Waals surface area contributed by atoms with Gasteiger partial charge < -0.3 is 5.32 Å². The first-order chi connectivity index (χ1) is 10.2. The molecule has 0 aliphatic carbocycles. The number of hydrogen-bond acceptors (Lipinski definition) is 5. The molecule has 2 bridgehead atoms. The molecule has 0 radical (unpaired) electrons. The summed E-state index contributed by atoms with van der Waals surface area (Å²) in [7, 11) is -7.13. The molecule has 2 N–H and O–H groups in total. The van der Waals surface area contributed by atoms with E-state index < -0.39 is 19.9 Å². The Morgan fingerprint density at radius 1 is 1.04 bits per heavy atom. The van der Waals surface area contributed by atoms with Crippen LogP contribution in [0.25, 0.3) is 0 Å². The van der Waals surface area contributed by atoms with Crippen molar-refractivity contribution < 1.29 is 16.8 Å². The van der Waals surface area contributed by atoms with Gasteiger partial charge in [-0.1, -0.05) is 6.07 Å². The summed E-state index contributed by atoms with van der Waals surface area (Å²) in [6.45, 7) is 0. The zero-order valence-corrected chi connectivity index (χ0v) is 15.2. The number of halogens is 1. The van der Waals surface area contributed by atoms with Crippen molar-refractivity contribution in [3.05, 3.63) is 24.3 Å². The SMILES string of the molecule is CS(=O)(=O)c1cccc(S(=O)(=O)NC2CC3CCC(C2)N3)c1.Cl. The van der Waals surface area contributed by atoms with Crippen molar-refractivity contribution in [2.24, 2.45) is 0 Å². The van der Waals surface area contributed by atoms with Crippen molar-refractivity contribution >= 4 is 32.3 Å². The van der Waals surface area contributed by atoms with Crippen molar-refractivity contribution in [3.63, 3.8) is 0 Å². The number of sulfonamides is 1. The molecular formula is C14H21ClN2O4S2. The standard InChI is InChI=1S/C14H20N2O4S2.ClH/c1-21(17,18)13-3-2-4-14(9-13)22(19,20)16-12-7-10-5-6-11(8-12)15-10;/h2-4,9-12,15-16H,5-8H2,1H3;1H. The van der Waals surface area contributed by atoms with Gasteiger partial charge in [-0.2, -0.15) is 0 Å². The van der Waals surface area contributed by atoms with Crippen LogP contribution >= 0.6 is 12.4 Å². The van der Waals surface area contributed by atoms with E-state index in [4.69, 9.17) is 0 Å². The lowest BCUT2D eigenvalue weighted by Crippen LogP contribution is -2.47. The van der Waals surface area contributed by atoms with Crippen molar-refractivity contribution in [2.75, 3.05) is 6.26 Å². The molecule has 2 aliphatic rings. The first-order valence-corrected chi connectivity index (χ1v) is 10.7. The van der Waals surface area contributed by atoms with Gasteiger partial charge >= 0.3 is 0 Å². The van der Waals surface area contributed by atoms with Crippen molar-refractivity contribution in [1.82, 2.24) is 10.0 Å². The lowest BCUT2D eigenvalue weighted by molar-refractivity contribution is 0.345. The van der Waals surface area contributed by atoms with Crippen LogP contribution < -0.4 is 10.0 Å². The van der Waals surface area contributed by atoms with Crippen molar-refractivity contribution in [3.8, 4) is 0 Å². The van der Waals surface area contributed by atoms with E-state index in [9.17, 15) is 16.8 Å². The van der Waals surface area contributed by atoms with Crippen LogP contribution in [0.1, 0.15) is 25.7 Å². The molecule has 2 fully saturated rings. The Morgan fingerprint density at radius 3 is 2.17 bits per heavy atom. The highest BCUT2D eigenvalue weighted by Crippen LogP contribution is 2.28. The van der Waals surface area contributed by atoms with Crippen LogP contribution in [-0.2, 0) is 19.9 Å². The molecule has 3 rings (SSSR count). The predicted octanol–water partition coefficient (Wildman–Crippen LogP) is 1.07. The summed E-state index contributed by atoms with van der Waals surface area (Å²) in [6.07, 6.45) is 4.80. The highest BCUT2D eigenvalue weighted by atomic mass is 35.5. The molecule has 2 aliphatic heterocycles. The quantitative estimate of drug-likeness (QED) is 0.815. The molecular weight excluding hydrogens is 360 g/mol. The molecule has 0 amide bonds. The van der Waals surface area contributed by atoms with Crippen LogP contribution in [0.5, 0.6) is 0 Å². The maximum absolute atomic E-state index is 12.5. The topological polar surface area (TPSA) is 92.3 Å². The Bertz CT molecular complexity index is 768. The maximum atomic E-state index is 12.5. The van der Waals surface area contributed by atoms with Gasteiger partial charge in [0.1, 0.15) is 0 Å². The Hall–Kier alpha value is -0.670. The van der Waals surface area contributed by atoms with E-state index in [1.54, 1.807) is 0 Å². The van der Waals surface area contributed by atoms with E-state index in [0.717, 1.165) is 31.9 Å². The van der Waals surface area contributed by atoms with Crippen LogP contribution in [0.3, 0.4) is 0 Å². The summed E-state index contributed by atoms with van der Waals surface area (Å²) >= 11 is 0. The minimum absolute atomic E-state index is 0. The lowest BCUT2D eigenvalue weighted by atomic mass is 10.0. The zero-order chi connectivity index (χ0) is 16.0. The maximum Gasteiger partial charge on any atom is 0.240 e. The van der Waals surface area contributed by atoms with E-state index in [-0.39, 0.29) is 28.2 Å². The van der Waals surface area contributed by atoms with E-state index in [2.05, 4.69) is 10.0 Å². The minimum atomic E-state index is -3.70. The van der Waals surface area contributed by atoms with Gasteiger partial charge in [-0.15, -0.1) is 12.4 Å². The van der Waals surface area contributed by atoms with Crippen LogP contribution in [0.2, 0.25) is 0 Å². The fraction of sp³-hybridized carbons (Fsp3) is 0.571. The first kappa shape index (κ1) is 18.7. The number of fused-ring (bicyclic) bond motifs is 2. The summed E-state index contributed by atoms with van der Waals surface area (Å²) in [5.74, 6) is 0. The second-order valence-corrected chi connectivity index (χ2v) is 9.90. The molecule has 2 unspecified atom stereocenters. The van der Waals surface area contributed by atoms with E-state index in [1.165, 1.54) is 24.3 Å². The molecule has 23 heavy (non-hydrogen) atoms.